The summed E-state index contributed by atoms with van der Waals surface area (Å²) in [5.41, 5.74) is 0. The molecule has 1 aromatic rings. The third kappa shape index (κ3) is 4.08. The molecule has 0 radical (unpaired) electrons. The van der Waals surface area contributed by atoms with E-state index in [2.05, 4.69) is 12.2 Å². The summed E-state index contributed by atoms with van der Waals surface area (Å²) < 4.78 is 11.1. The number of morpholine rings is 1. The van der Waals surface area contributed by atoms with Crippen molar-refractivity contribution in [3.05, 3.63) is 23.7 Å². The first-order valence-corrected chi connectivity index (χ1v) is 7.86. The van der Waals surface area contributed by atoms with Gasteiger partial charge in [0, 0.05) is 19.5 Å². The molecule has 0 spiro atoms. The topological polar surface area (TPSA) is 54.7 Å². The van der Waals surface area contributed by atoms with Crippen LogP contribution in [0.25, 0.3) is 0 Å². The first-order chi connectivity index (χ1) is 10.2. The van der Waals surface area contributed by atoms with Crippen molar-refractivity contribution in [3.8, 4) is 0 Å². The van der Waals surface area contributed by atoms with Gasteiger partial charge in [0.05, 0.1) is 25.3 Å². The quantitative estimate of drug-likeness (QED) is 0.873. The lowest BCUT2D eigenvalue weighted by Crippen LogP contribution is -2.50. The lowest BCUT2D eigenvalue weighted by atomic mass is 10.1. The number of carbonyl (C=O) groups excluding carboxylic acids is 1. The smallest absolute Gasteiger partial charge is 0.239 e. The maximum atomic E-state index is 12.5. The predicted molar refractivity (Wildman–Crippen MR) is 81.1 cm³/mol. The third-order valence-corrected chi connectivity index (χ3v) is 3.94. The highest BCUT2D eigenvalue weighted by Gasteiger charge is 2.26. The van der Waals surface area contributed by atoms with E-state index in [1.165, 1.54) is 0 Å². The van der Waals surface area contributed by atoms with Gasteiger partial charge in [0.2, 0.25) is 5.91 Å². The SMILES string of the molecule is CCc1ccc([C@@H](C)N[C@@H](CC)C(=O)N2CCOCC2)o1. The summed E-state index contributed by atoms with van der Waals surface area (Å²) in [6.07, 6.45) is 1.65. The maximum absolute atomic E-state index is 12.5. The molecular weight excluding hydrogens is 268 g/mol. The van der Waals surface area contributed by atoms with Crippen LogP contribution in [0, 0.1) is 0 Å². The molecule has 2 atom stereocenters. The Kier molecular flexibility index (Phi) is 5.82. The maximum Gasteiger partial charge on any atom is 0.239 e. The average Bonchev–Trinajstić information content (AvgIpc) is 3.01. The summed E-state index contributed by atoms with van der Waals surface area (Å²) in [4.78, 5) is 14.4. The highest BCUT2D eigenvalue weighted by Crippen LogP contribution is 2.18. The Balaban J connectivity index is 1.95. The van der Waals surface area contributed by atoms with Gasteiger partial charge in [0.15, 0.2) is 0 Å². The minimum Gasteiger partial charge on any atom is -0.464 e. The molecule has 2 heterocycles. The van der Waals surface area contributed by atoms with Crippen molar-refractivity contribution in [2.45, 2.75) is 45.7 Å². The standard InChI is InChI=1S/C16H26N2O3/c1-4-13-6-7-15(21-13)12(3)17-14(5-2)16(19)18-8-10-20-11-9-18/h6-7,12,14,17H,4-5,8-11H2,1-3H3/t12-,14+/m1/s1. The van der Waals surface area contributed by atoms with Gasteiger partial charge < -0.3 is 14.1 Å². The number of furan rings is 1. The second-order valence-electron chi connectivity index (χ2n) is 5.44. The number of amides is 1. The molecule has 5 heteroatoms. The number of nitrogens with zero attached hydrogens (tertiary/aromatic N) is 1. The second-order valence-corrected chi connectivity index (χ2v) is 5.44. The normalized spacial score (nSPS) is 18.5. The fourth-order valence-corrected chi connectivity index (χ4v) is 2.57. The molecule has 2 rings (SSSR count). The Labute approximate surface area is 126 Å². The van der Waals surface area contributed by atoms with E-state index in [0.717, 1.165) is 24.4 Å². The number of rotatable bonds is 6. The summed E-state index contributed by atoms with van der Waals surface area (Å²) in [6.45, 7) is 8.77. The molecule has 1 aliphatic rings. The van der Waals surface area contributed by atoms with E-state index in [0.29, 0.717) is 26.3 Å². The molecule has 1 fully saturated rings. The molecule has 118 valence electrons. The van der Waals surface area contributed by atoms with Crippen LogP contribution < -0.4 is 5.32 Å². The zero-order valence-corrected chi connectivity index (χ0v) is 13.2. The summed E-state index contributed by atoms with van der Waals surface area (Å²) >= 11 is 0. The van der Waals surface area contributed by atoms with Crippen LogP contribution >= 0.6 is 0 Å². The number of carbonyl (C=O) groups is 1. The van der Waals surface area contributed by atoms with Crippen LogP contribution in [0.1, 0.15) is 44.8 Å². The number of nitrogens with one attached hydrogen (secondary N) is 1. The van der Waals surface area contributed by atoms with Crippen molar-refractivity contribution in [1.29, 1.82) is 0 Å². The zero-order chi connectivity index (χ0) is 15.2. The van der Waals surface area contributed by atoms with Gasteiger partial charge in [0.25, 0.3) is 0 Å². The van der Waals surface area contributed by atoms with Gasteiger partial charge in [-0.05, 0) is 25.5 Å². The summed E-state index contributed by atoms with van der Waals surface area (Å²) in [5, 5.41) is 3.39. The Morgan fingerprint density at radius 1 is 1.33 bits per heavy atom. The van der Waals surface area contributed by atoms with Crippen LogP contribution in [-0.4, -0.2) is 43.2 Å². The highest BCUT2D eigenvalue weighted by molar-refractivity contribution is 5.82. The van der Waals surface area contributed by atoms with Gasteiger partial charge in [-0.1, -0.05) is 13.8 Å². The molecule has 1 saturated heterocycles. The van der Waals surface area contributed by atoms with Crippen molar-refractivity contribution in [3.63, 3.8) is 0 Å². The molecule has 0 unspecified atom stereocenters. The third-order valence-electron chi connectivity index (χ3n) is 3.94. The van der Waals surface area contributed by atoms with Crippen LogP contribution in [0.5, 0.6) is 0 Å². The summed E-state index contributed by atoms with van der Waals surface area (Å²) in [6, 6.07) is 3.84. The van der Waals surface area contributed by atoms with E-state index in [9.17, 15) is 4.79 Å². The molecule has 0 aliphatic carbocycles. The first kappa shape index (κ1) is 16.0. The molecule has 1 aromatic heterocycles. The second kappa shape index (κ2) is 7.61. The van der Waals surface area contributed by atoms with Crippen molar-refractivity contribution < 1.29 is 13.9 Å². The highest BCUT2D eigenvalue weighted by atomic mass is 16.5. The van der Waals surface area contributed by atoms with Crippen LogP contribution in [-0.2, 0) is 16.0 Å². The molecule has 0 bridgehead atoms. The number of hydrogen-bond acceptors (Lipinski definition) is 4. The average molecular weight is 294 g/mol. The van der Waals surface area contributed by atoms with Gasteiger partial charge in [-0.3, -0.25) is 10.1 Å². The lowest BCUT2D eigenvalue weighted by molar-refractivity contribution is -0.137. The minimum absolute atomic E-state index is 0.0280. The van der Waals surface area contributed by atoms with Crippen molar-refractivity contribution in [2.75, 3.05) is 26.3 Å². The van der Waals surface area contributed by atoms with Crippen LogP contribution in [0.2, 0.25) is 0 Å². The lowest BCUT2D eigenvalue weighted by Gasteiger charge is -2.31. The first-order valence-electron chi connectivity index (χ1n) is 7.86. The molecule has 0 saturated carbocycles. The fraction of sp³-hybridized carbons (Fsp3) is 0.688. The van der Waals surface area contributed by atoms with Crippen molar-refractivity contribution in [1.82, 2.24) is 10.2 Å². The monoisotopic (exact) mass is 294 g/mol. The molecule has 1 N–H and O–H groups in total. The Bertz CT molecular complexity index is 452. The Morgan fingerprint density at radius 2 is 2.05 bits per heavy atom. The van der Waals surface area contributed by atoms with Gasteiger partial charge in [0.1, 0.15) is 11.5 Å². The van der Waals surface area contributed by atoms with E-state index in [-0.39, 0.29) is 18.0 Å². The number of aryl methyl sites for hydroxylation is 1. The van der Waals surface area contributed by atoms with Gasteiger partial charge in [-0.25, -0.2) is 0 Å². The van der Waals surface area contributed by atoms with Crippen LogP contribution in [0.3, 0.4) is 0 Å². The van der Waals surface area contributed by atoms with Crippen LogP contribution in [0.4, 0.5) is 0 Å². The fourth-order valence-electron chi connectivity index (χ4n) is 2.57. The zero-order valence-electron chi connectivity index (χ0n) is 13.2. The molecule has 21 heavy (non-hydrogen) atoms. The summed E-state index contributed by atoms with van der Waals surface area (Å²) in [5.74, 6) is 2.03. The van der Waals surface area contributed by atoms with Gasteiger partial charge in [-0.2, -0.15) is 0 Å². The van der Waals surface area contributed by atoms with E-state index in [1.54, 1.807) is 0 Å². The predicted octanol–water partition coefficient (Wildman–Crippen LogP) is 2.13. The Morgan fingerprint density at radius 3 is 2.62 bits per heavy atom. The van der Waals surface area contributed by atoms with E-state index < -0.39 is 0 Å². The molecule has 1 amide bonds. The number of hydrogen-bond donors (Lipinski definition) is 1. The van der Waals surface area contributed by atoms with E-state index >= 15 is 0 Å². The Hall–Kier alpha value is -1.33. The molecule has 5 nitrogen and oxygen atoms in total. The van der Waals surface area contributed by atoms with E-state index in [4.69, 9.17) is 9.15 Å². The largest absolute Gasteiger partial charge is 0.464 e. The van der Waals surface area contributed by atoms with Crippen molar-refractivity contribution in [2.24, 2.45) is 0 Å². The molecular formula is C16H26N2O3. The van der Waals surface area contributed by atoms with E-state index in [1.807, 2.05) is 30.9 Å². The summed E-state index contributed by atoms with van der Waals surface area (Å²) in [7, 11) is 0. The number of ether oxygens (including phenoxy) is 1. The molecule has 1 aliphatic heterocycles. The minimum atomic E-state index is -0.173. The van der Waals surface area contributed by atoms with Crippen LogP contribution in [0.15, 0.2) is 16.5 Å². The van der Waals surface area contributed by atoms with Gasteiger partial charge >= 0.3 is 0 Å². The van der Waals surface area contributed by atoms with Gasteiger partial charge in [-0.15, -0.1) is 0 Å². The van der Waals surface area contributed by atoms with Crippen molar-refractivity contribution >= 4 is 5.91 Å². The molecule has 0 aromatic carbocycles.